The van der Waals surface area contributed by atoms with Gasteiger partial charge in [-0.25, -0.2) is 0 Å². The molecule has 0 aliphatic rings. The lowest BCUT2D eigenvalue weighted by atomic mass is 10.1. The summed E-state index contributed by atoms with van der Waals surface area (Å²) in [4.78, 5) is 2.40. The summed E-state index contributed by atoms with van der Waals surface area (Å²) in [5, 5.41) is 1.20. The van der Waals surface area contributed by atoms with Gasteiger partial charge in [0.25, 0.3) is 0 Å². The maximum atomic E-state index is 5.84. The standard InChI is InChI=1S/C16H24N2O/c1-4-12(5-2)18(3)11-14-13-8-6-7-9-15(13)19-16(14)10-17/h6-9,12H,4-5,10-11,17H2,1-3H3. The topological polar surface area (TPSA) is 42.4 Å². The number of nitrogens with two attached hydrogens (primary N) is 1. The van der Waals surface area contributed by atoms with Crippen molar-refractivity contribution in [1.29, 1.82) is 0 Å². The van der Waals surface area contributed by atoms with E-state index in [1.807, 2.05) is 12.1 Å². The third-order valence-corrected chi connectivity index (χ3v) is 3.94. The Morgan fingerprint density at radius 3 is 2.53 bits per heavy atom. The van der Waals surface area contributed by atoms with E-state index in [1.54, 1.807) is 0 Å². The Morgan fingerprint density at radius 2 is 1.89 bits per heavy atom. The van der Waals surface area contributed by atoms with E-state index in [2.05, 4.69) is 37.9 Å². The number of benzene rings is 1. The second-order valence-corrected chi connectivity index (χ2v) is 5.09. The lowest BCUT2D eigenvalue weighted by Crippen LogP contribution is -2.30. The number of fused-ring (bicyclic) bond motifs is 1. The zero-order valence-corrected chi connectivity index (χ0v) is 12.1. The second-order valence-electron chi connectivity index (χ2n) is 5.09. The first kappa shape index (κ1) is 14.1. The minimum atomic E-state index is 0.459. The van der Waals surface area contributed by atoms with E-state index < -0.39 is 0 Å². The van der Waals surface area contributed by atoms with E-state index in [0.29, 0.717) is 12.6 Å². The van der Waals surface area contributed by atoms with Crippen LogP contribution < -0.4 is 5.73 Å². The maximum Gasteiger partial charge on any atom is 0.134 e. The van der Waals surface area contributed by atoms with Gasteiger partial charge in [0.15, 0.2) is 0 Å². The fourth-order valence-electron chi connectivity index (χ4n) is 2.78. The summed E-state index contributed by atoms with van der Waals surface area (Å²) >= 11 is 0. The second kappa shape index (κ2) is 6.22. The molecule has 0 unspecified atom stereocenters. The van der Waals surface area contributed by atoms with Gasteiger partial charge in [-0.1, -0.05) is 32.0 Å². The molecule has 1 aromatic carbocycles. The third-order valence-electron chi connectivity index (χ3n) is 3.94. The van der Waals surface area contributed by atoms with Crippen LogP contribution in [0.5, 0.6) is 0 Å². The summed E-state index contributed by atoms with van der Waals surface area (Å²) in [6.45, 7) is 5.83. The van der Waals surface area contributed by atoms with Gasteiger partial charge in [-0.3, -0.25) is 4.90 Å². The number of furan rings is 1. The van der Waals surface area contributed by atoms with Crippen LogP contribution in [-0.4, -0.2) is 18.0 Å². The van der Waals surface area contributed by atoms with Crippen LogP contribution in [0.3, 0.4) is 0 Å². The molecule has 0 amide bonds. The van der Waals surface area contributed by atoms with E-state index in [-0.39, 0.29) is 0 Å². The quantitative estimate of drug-likeness (QED) is 0.864. The largest absolute Gasteiger partial charge is 0.459 e. The highest BCUT2D eigenvalue weighted by Gasteiger charge is 2.17. The van der Waals surface area contributed by atoms with Crippen molar-refractivity contribution in [1.82, 2.24) is 4.90 Å². The van der Waals surface area contributed by atoms with Crippen molar-refractivity contribution in [3.05, 3.63) is 35.6 Å². The van der Waals surface area contributed by atoms with E-state index >= 15 is 0 Å². The molecule has 0 aliphatic carbocycles. The molecule has 0 saturated carbocycles. The van der Waals surface area contributed by atoms with Gasteiger partial charge < -0.3 is 10.2 Å². The highest BCUT2D eigenvalue weighted by molar-refractivity contribution is 5.82. The number of rotatable bonds is 6. The normalized spacial score (nSPS) is 11.9. The van der Waals surface area contributed by atoms with Gasteiger partial charge in [-0.15, -0.1) is 0 Å². The molecule has 0 atom stereocenters. The summed E-state index contributed by atoms with van der Waals surface area (Å²) in [6, 6.07) is 8.79. The average molecular weight is 260 g/mol. The molecule has 19 heavy (non-hydrogen) atoms. The highest BCUT2D eigenvalue weighted by Crippen LogP contribution is 2.27. The molecular weight excluding hydrogens is 236 g/mol. The molecule has 2 aromatic rings. The monoisotopic (exact) mass is 260 g/mol. The van der Waals surface area contributed by atoms with Crippen LogP contribution in [0.2, 0.25) is 0 Å². The molecule has 1 heterocycles. The van der Waals surface area contributed by atoms with Gasteiger partial charge in [0.2, 0.25) is 0 Å². The first-order valence-electron chi connectivity index (χ1n) is 7.10. The SMILES string of the molecule is CCC(CC)N(C)Cc1c(CN)oc2ccccc12. The molecule has 3 heteroatoms. The minimum Gasteiger partial charge on any atom is -0.459 e. The van der Waals surface area contributed by atoms with Crippen LogP contribution in [-0.2, 0) is 13.1 Å². The number of nitrogens with zero attached hydrogens (tertiary/aromatic N) is 1. The smallest absolute Gasteiger partial charge is 0.134 e. The molecule has 0 aliphatic heterocycles. The van der Waals surface area contributed by atoms with Crippen molar-refractivity contribution in [2.75, 3.05) is 7.05 Å². The predicted octanol–water partition coefficient (Wildman–Crippen LogP) is 3.51. The zero-order chi connectivity index (χ0) is 13.8. The predicted molar refractivity (Wildman–Crippen MR) is 79.9 cm³/mol. The molecule has 0 saturated heterocycles. The van der Waals surface area contributed by atoms with Gasteiger partial charge in [-0.05, 0) is 26.0 Å². The zero-order valence-electron chi connectivity index (χ0n) is 12.1. The van der Waals surface area contributed by atoms with Crippen molar-refractivity contribution in [2.45, 2.75) is 45.8 Å². The fourth-order valence-corrected chi connectivity index (χ4v) is 2.78. The fraction of sp³-hybridized carbons (Fsp3) is 0.500. The Hall–Kier alpha value is -1.32. The molecular formula is C16H24N2O. The van der Waals surface area contributed by atoms with Crippen LogP contribution in [0.25, 0.3) is 11.0 Å². The summed E-state index contributed by atoms with van der Waals surface area (Å²) < 4.78 is 5.84. The molecule has 0 radical (unpaired) electrons. The lowest BCUT2D eigenvalue weighted by molar-refractivity contribution is 0.221. The molecule has 0 bridgehead atoms. The van der Waals surface area contributed by atoms with Crippen LogP contribution >= 0.6 is 0 Å². The maximum absolute atomic E-state index is 5.84. The lowest BCUT2D eigenvalue weighted by Gasteiger charge is -2.26. The summed E-state index contributed by atoms with van der Waals surface area (Å²) in [7, 11) is 2.18. The molecule has 104 valence electrons. The van der Waals surface area contributed by atoms with Crippen molar-refractivity contribution in [3.63, 3.8) is 0 Å². The average Bonchev–Trinajstić information content (AvgIpc) is 2.78. The van der Waals surface area contributed by atoms with E-state index in [9.17, 15) is 0 Å². The van der Waals surface area contributed by atoms with Crippen molar-refractivity contribution >= 4 is 11.0 Å². The summed E-state index contributed by atoms with van der Waals surface area (Å²) in [6.07, 6.45) is 2.33. The van der Waals surface area contributed by atoms with Crippen LogP contribution in [0.1, 0.15) is 38.0 Å². The Balaban J connectivity index is 2.33. The summed E-state index contributed by atoms with van der Waals surface area (Å²) in [5.74, 6) is 0.916. The minimum absolute atomic E-state index is 0.459. The van der Waals surface area contributed by atoms with Crippen molar-refractivity contribution in [2.24, 2.45) is 5.73 Å². The first-order valence-corrected chi connectivity index (χ1v) is 7.10. The first-order chi connectivity index (χ1) is 9.21. The molecule has 2 N–H and O–H groups in total. The van der Waals surface area contributed by atoms with E-state index in [4.69, 9.17) is 10.2 Å². The Labute approximate surface area is 115 Å². The van der Waals surface area contributed by atoms with Crippen molar-refractivity contribution in [3.8, 4) is 0 Å². The molecule has 3 nitrogen and oxygen atoms in total. The van der Waals surface area contributed by atoms with Crippen LogP contribution in [0, 0.1) is 0 Å². The Kier molecular flexibility index (Phi) is 4.61. The number of hydrogen-bond acceptors (Lipinski definition) is 3. The van der Waals surface area contributed by atoms with E-state index in [0.717, 1.165) is 17.9 Å². The van der Waals surface area contributed by atoms with E-state index in [1.165, 1.54) is 23.8 Å². The van der Waals surface area contributed by atoms with Gasteiger partial charge >= 0.3 is 0 Å². The van der Waals surface area contributed by atoms with Gasteiger partial charge in [0, 0.05) is 23.5 Å². The van der Waals surface area contributed by atoms with Crippen molar-refractivity contribution < 1.29 is 4.42 Å². The number of para-hydroxylation sites is 1. The highest BCUT2D eigenvalue weighted by atomic mass is 16.3. The van der Waals surface area contributed by atoms with Crippen LogP contribution in [0.15, 0.2) is 28.7 Å². The third kappa shape index (κ3) is 2.82. The molecule has 0 spiro atoms. The number of hydrogen-bond donors (Lipinski definition) is 1. The Morgan fingerprint density at radius 1 is 1.21 bits per heavy atom. The molecule has 1 aromatic heterocycles. The summed E-state index contributed by atoms with van der Waals surface area (Å²) in [5.41, 5.74) is 8.00. The van der Waals surface area contributed by atoms with Gasteiger partial charge in [-0.2, -0.15) is 0 Å². The van der Waals surface area contributed by atoms with Gasteiger partial charge in [0.1, 0.15) is 11.3 Å². The Bertz CT molecular complexity index is 529. The van der Waals surface area contributed by atoms with Crippen LogP contribution in [0.4, 0.5) is 0 Å². The van der Waals surface area contributed by atoms with Gasteiger partial charge in [0.05, 0.1) is 6.54 Å². The molecule has 0 fully saturated rings. The molecule has 2 rings (SSSR count).